The molecular formula is C9H11Cl. The summed E-state index contributed by atoms with van der Waals surface area (Å²) in [7, 11) is 0. The molecule has 0 atom stereocenters. The normalized spacial score (nSPS) is 32.6. The van der Waals surface area contributed by atoms with E-state index in [2.05, 4.69) is 18.2 Å². The second-order valence-corrected chi connectivity index (χ2v) is 2.82. The summed E-state index contributed by atoms with van der Waals surface area (Å²) >= 11 is 5.89. The van der Waals surface area contributed by atoms with Gasteiger partial charge in [-0.3, -0.25) is 0 Å². The van der Waals surface area contributed by atoms with Crippen molar-refractivity contribution in [2.24, 2.45) is 0 Å². The van der Waals surface area contributed by atoms with E-state index in [9.17, 15) is 0 Å². The first-order chi connectivity index (χ1) is 4.80. The molecule has 0 saturated carbocycles. The van der Waals surface area contributed by atoms with Crippen LogP contribution in [0.1, 0.15) is 19.8 Å². The first-order valence-corrected chi connectivity index (χ1v) is 3.88. The zero-order valence-corrected chi connectivity index (χ0v) is 6.86. The van der Waals surface area contributed by atoms with E-state index < -0.39 is 0 Å². The Hall–Kier alpha value is -0.490. The smallest absolute Gasteiger partial charge is 0.0431 e. The molecule has 0 aromatic heterocycles. The van der Waals surface area contributed by atoms with Gasteiger partial charge < -0.3 is 0 Å². The van der Waals surface area contributed by atoms with E-state index in [1.54, 1.807) is 0 Å². The van der Waals surface area contributed by atoms with Gasteiger partial charge in [-0.25, -0.2) is 0 Å². The Morgan fingerprint density at radius 1 is 1.20 bits per heavy atom. The van der Waals surface area contributed by atoms with Gasteiger partial charge in [0.1, 0.15) is 0 Å². The van der Waals surface area contributed by atoms with Crippen LogP contribution in [0.15, 0.2) is 34.9 Å². The van der Waals surface area contributed by atoms with Crippen LogP contribution in [0.5, 0.6) is 0 Å². The number of rotatable bonds is 0. The molecular weight excluding hydrogens is 144 g/mol. The molecule has 1 aliphatic carbocycles. The minimum Gasteiger partial charge on any atom is -0.0841 e. The number of hydrogen-bond donors (Lipinski definition) is 0. The summed E-state index contributed by atoms with van der Waals surface area (Å²) in [4.78, 5) is 0. The minimum atomic E-state index is 0.857. The van der Waals surface area contributed by atoms with Crippen LogP contribution in [0.4, 0.5) is 0 Å². The molecule has 1 rings (SSSR count). The Bertz CT molecular complexity index is 175. The lowest BCUT2D eigenvalue weighted by Crippen LogP contribution is -1.77. The molecule has 10 heavy (non-hydrogen) atoms. The average Bonchev–Trinajstić information content (AvgIpc) is 1.92. The average molecular weight is 155 g/mol. The van der Waals surface area contributed by atoms with Gasteiger partial charge in [0.25, 0.3) is 0 Å². The fourth-order valence-corrected chi connectivity index (χ4v) is 1.00. The molecule has 0 aliphatic heterocycles. The molecule has 0 amide bonds. The van der Waals surface area contributed by atoms with E-state index in [1.165, 1.54) is 0 Å². The van der Waals surface area contributed by atoms with Crippen molar-refractivity contribution in [1.82, 2.24) is 0 Å². The largest absolute Gasteiger partial charge is 0.0841 e. The lowest BCUT2D eigenvalue weighted by molar-refractivity contribution is 1.04. The van der Waals surface area contributed by atoms with Crippen LogP contribution in [0, 0.1) is 0 Å². The molecule has 0 aromatic rings. The Morgan fingerprint density at radius 3 is 2.50 bits per heavy atom. The van der Waals surface area contributed by atoms with E-state index in [1.807, 2.05) is 13.0 Å². The predicted molar refractivity (Wildman–Crippen MR) is 46.1 cm³/mol. The van der Waals surface area contributed by atoms with E-state index in [-0.39, 0.29) is 0 Å². The van der Waals surface area contributed by atoms with Gasteiger partial charge in [0, 0.05) is 5.03 Å². The molecule has 0 N–H and O–H groups in total. The third-order valence-electron chi connectivity index (χ3n) is 1.51. The highest BCUT2D eigenvalue weighted by Crippen LogP contribution is 2.15. The minimum absolute atomic E-state index is 0.857. The predicted octanol–water partition coefficient (Wildman–Crippen LogP) is 3.41. The summed E-state index contributed by atoms with van der Waals surface area (Å²) < 4.78 is 0. The van der Waals surface area contributed by atoms with Crippen molar-refractivity contribution < 1.29 is 0 Å². The maximum absolute atomic E-state index is 5.89. The summed E-state index contributed by atoms with van der Waals surface area (Å²) in [5, 5.41) is 0.857. The molecule has 0 saturated heterocycles. The van der Waals surface area contributed by atoms with Crippen LogP contribution in [0.2, 0.25) is 0 Å². The molecule has 0 fully saturated rings. The Balaban J connectivity index is 2.84. The van der Waals surface area contributed by atoms with Crippen LogP contribution in [-0.2, 0) is 0 Å². The Kier molecular flexibility index (Phi) is 2.76. The molecule has 54 valence electrons. The lowest BCUT2D eigenvalue weighted by Gasteiger charge is -1.98. The maximum atomic E-state index is 5.89. The molecule has 0 bridgehead atoms. The van der Waals surface area contributed by atoms with E-state index in [0.29, 0.717) is 0 Å². The molecule has 0 heterocycles. The quantitative estimate of drug-likeness (QED) is 0.502. The SMILES string of the molecule is CC1=C(Cl)/C=C\CC\C=C\1. The van der Waals surface area contributed by atoms with Gasteiger partial charge in [-0.1, -0.05) is 29.8 Å². The Morgan fingerprint density at radius 2 is 1.80 bits per heavy atom. The summed E-state index contributed by atoms with van der Waals surface area (Å²) in [6, 6.07) is 0. The zero-order chi connectivity index (χ0) is 7.40. The molecule has 1 heteroatoms. The number of hydrogen-bond acceptors (Lipinski definition) is 0. The first-order valence-electron chi connectivity index (χ1n) is 3.50. The van der Waals surface area contributed by atoms with Gasteiger partial charge in [0.2, 0.25) is 0 Å². The van der Waals surface area contributed by atoms with Crippen LogP contribution in [0.3, 0.4) is 0 Å². The highest BCUT2D eigenvalue weighted by atomic mass is 35.5. The van der Waals surface area contributed by atoms with Crippen molar-refractivity contribution >= 4 is 11.6 Å². The van der Waals surface area contributed by atoms with Crippen molar-refractivity contribution in [2.75, 3.05) is 0 Å². The third kappa shape index (κ3) is 2.03. The highest BCUT2D eigenvalue weighted by molar-refractivity contribution is 6.31. The van der Waals surface area contributed by atoms with E-state index in [4.69, 9.17) is 11.6 Å². The van der Waals surface area contributed by atoms with Crippen LogP contribution in [0.25, 0.3) is 0 Å². The Labute approximate surface area is 66.9 Å². The monoisotopic (exact) mass is 154 g/mol. The number of halogens is 1. The second kappa shape index (κ2) is 3.62. The fourth-order valence-electron chi connectivity index (χ4n) is 0.850. The summed E-state index contributed by atoms with van der Waals surface area (Å²) in [5.74, 6) is 0. The highest BCUT2D eigenvalue weighted by Gasteiger charge is 1.92. The zero-order valence-electron chi connectivity index (χ0n) is 6.10. The van der Waals surface area contributed by atoms with Gasteiger partial charge in [-0.05, 0) is 31.4 Å². The van der Waals surface area contributed by atoms with Crippen LogP contribution < -0.4 is 0 Å². The van der Waals surface area contributed by atoms with Crippen molar-refractivity contribution in [1.29, 1.82) is 0 Å². The van der Waals surface area contributed by atoms with Gasteiger partial charge in [-0.2, -0.15) is 0 Å². The molecule has 0 radical (unpaired) electrons. The van der Waals surface area contributed by atoms with Crippen molar-refractivity contribution in [3.63, 3.8) is 0 Å². The van der Waals surface area contributed by atoms with Gasteiger partial charge in [0.15, 0.2) is 0 Å². The van der Waals surface area contributed by atoms with Crippen molar-refractivity contribution in [2.45, 2.75) is 19.8 Å². The third-order valence-corrected chi connectivity index (χ3v) is 1.93. The topological polar surface area (TPSA) is 0 Å². The van der Waals surface area contributed by atoms with E-state index in [0.717, 1.165) is 23.4 Å². The summed E-state index contributed by atoms with van der Waals surface area (Å²) in [6.07, 6.45) is 10.5. The molecule has 0 nitrogen and oxygen atoms in total. The molecule has 0 unspecified atom stereocenters. The van der Waals surface area contributed by atoms with Crippen molar-refractivity contribution in [3.8, 4) is 0 Å². The van der Waals surface area contributed by atoms with E-state index >= 15 is 0 Å². The van der Waals surface area contributed by atoms with Gasteiger partial charge in [0.05, 0.1) is 0 Å². The first kappa shape index (κ1) is 7.62. The van der Waals surface area contributed by atoms with Crippen LogP contribution >= 0.6 is 11.6 Å². The lowest BCUT2D eigenvalue weighted by atomic mass is 10.1. The maximum Gasteiger partial charge on any atom is 0.0431 e. The second-order valence-electron chi connectivity index (χ2n) is 2.41. The standard InChI is InChI=1S/C9H11Cl/c1-8-6-4-2-3-5-7-9(8)10/h4-7H,2-3H2,1H3/b6-4+,7-5-,9-8+. The van der Waals surface area contributed by atoms with Gasteiger partial charge in [-0.15, -0.1) is 0 Å². The van der Waals surface area contributed by atoms with Gasteiger partial charge >= 0.3 is 0 Å². The van der Waals surface area contributed by atoms with Crippen molar-refractivity contribution in [3.05, 3.63) is 34.9 Å². The van der Waals surface area contributed by atoms with Crippen LogP contribution in [-0.4, -0.2) is 0 Å². The summed E-state index contributed by atoms with van der Waals surface area (Å²) in [6.45, 7) is 2.02. The summed E-state index contributed by atoms with van der Waals surface area (Å²) in [5.41, 5.74) is 1.15. The molecule has 0 spiro atoms. The molecule has 0 aromatic carbocycles. The fraction of sp³-hybridized carbons (Fsp3) is 0.333. The molecule has 1 aliphatic rings. The number of allylic oxidation sites excluding steroid dienone is 6.